The Morgan fingerprint density at radius 2 is 1.38 bits per heavy atom. The third-order valence-electron chi connectivity index (χ3n) is 23.7. The Kier molecular flexibility index (Phi) is 16.5. The van der Waals surface area contributed by atoms with Gasteiger partial charge in [-0.05, 0) is 145 Å². The summed E-state index contributed by atoms with van der Waals surface area (Å²) in [4.78, 5) is 27.8. The maximum Gasteiger partial charge on any atom is 0.312 e. The number of rotatable bonds is 15. The average molecular weight is 1030 g/mol. The van der Waals surface area contributed by atoms with Crippen LogP contribution in [0.25, 0.3) is 0 Å². The van der Waals surface area contributed by atoms with Crippen molar-refractivity contribution in [2.45, 2.75) is 249 Å². The number of hydrogen-bond acceptors (Lipinski definition) is 10. The van der Waals surface area contributed by atoms with Gasteiger partial charge in [-0.3, -0.25) is 4.79 Å². The fraction of sp³-hybridized carbons (Fsp3) is 0.933. The van der Waals surface area contributed by atoms with Crippen LogP contribution in [0.5, 0.6) is 0 Å². The van der Waals surface area contributed by atoms with Crippen molar-refractivity contribution >= 4 is 20.6 Å². The molecular weight excluding hydrogens is 925 g/mol. The van der Waals surface area contributed by atoms with Crippen molar-refractivity contribution in [1.82, 2.24) is 0 Å². The minimum absolute atomic E-state index is 0.00180. The highest BCUT2D eigenvalue weighted by Crippen LogP contribution is 2.76. The maximum atomic E-state index is 14.2. The molecule has 0 spiro atoms. The molecule has 8 rings (SSSR count). The van der Waals surface area contributed by atoms with Crippen LogP contribution in [0, 0.1) is 85.8 Å². The van der Waals surface area contributed by atoms with Crippen LogP contribution in [-0.4, -0.2) is 101 Å². The predicted molar refractivity (Wildman–Crippen MR) is 283 cm³/mol. The Morgan fingerprint density at radius 3 is 2.00 bits per heavy atom. The van der Waals surface area contributed by atoms with E-state index < -0.39 is 62.3 Å². The number of hydrogen-bond donors (Lipinski definition) is 1. The van der Waals surface area contributed by atoms with E-state index in [1.165, 1.54) is 11.9 Å². The lowest BCUT2D eigenvalue weighted by molar-refractivity contribution is -0.370. The molecule has 8 unspecified atom stereocenters. The van der Waals surface area contributed by atoms with Gasteiger partial charge in [-0.25, -0.2) is 0 Å². The Labute approximate surface area is 437 Å². The number of carboxylic acids is 1. The maximum absolute atomic E-state index is 14.2. The molecule has 3 saturated heterocycles. The summed E-state index contributed by atoms with van der Waals surface area (Å²) in [6.45, 7) is 37.9. The van der Waals surface area contributed by atoms with E-state index in [0.717, 1.165) is 63.1 Å². The van der Waals surface area contributed by atoms with E-state index in [1.807, 2.05) is 0 Å². The molecule has 0 aromatic rings. The first-order valence-corrected chi connectivity index (χ1v) is 31.8. The van der Waals surface area contributed by atoms with E-state index in [2.05, 4.69) is 117 Å². The monoisotopic (exact) mass is 1030 g/mol. The number of carbonyl (C=O) groups excluding carboxylic acids is 1. The molecular formula is C60H102O11Si. The highest BCUT2D eigenvalue weighted by Gasteiger charge is 2.72. The van der Waals surface area contributed by atoms with Crippen LogP contribution >= 0.6 is 0 Å². The standard InChI is InChI=1S/C60H102O11Si/c1-18-43-38(8)39(9)49(71-72(19-2,20-3)21-4)53(67-43)70-50-48(69-51-40(10)37(7)35(5)32-65-51)36(6)33-66-52(50)68-46-25-26-56(13)44(57(46,14)34-61)24-27-58(15)45(56)23-22-41-42-30-55(11,12)28-29-60(42,54(62)63)47(64-17)31-59(41,58)16/h22,34-40,42-53H,18-21,23-33H2,1-17H3,(H,62,63)/t35-,36-,37+,38-,39+,40?,42?,43?,44-,45?,46+,47?,48+,49?,50?,51+,52+,53+,56?,57-,58+,59-,60-/m1/s1. The largest absolute Gasteiger partial charge is 0.481 e. The van der Waals surface area contributed by atoms with Gasteiger partial charge in [0.05, 0.1) is 49.1 Å². The first-order chi connectivity index (χ1) is 33.8. The van der Waals surface area contributed by atoms with Crippen molar-refractivity contribution in [2.75, 3.05) is 20.3 Å². The van der Waals surface area contributed by atoms with Crippen molar-refractivity contribution in [3.8, 4) is 0 Å². The van der Waals surface area contributed by atoms with E-state index in [-0.39, 0.29) is 81.4 Å². The third kappa shape index (κ3) is 9.06. The molecule has 0 aromatic heterocycles. The average Bonchev–Trinajstić information content (AvgIpc) is 3.34. The predicted octanol–water partition coefficient (Wildman–Crippen LogP) is 12.9. The van der Waals surface area contributed by atoms with Crippen LogP contribution in [0.1, 0.15) is 175 Å². The lowest BCUT2D eigenvalue weighted by atomic mass is 9.33. The number of carbonyl (C=O) groups is 2. The van der Waals surface area contributed by atoms with Crippen LogP contribution in [0.4, 0.5) is 0 Å². The zero-order chi connectivity index (χ0) is 52.7. The summed E-state index contributed by atoms with van der Waals surface area (Å²) in [6.07, 6.45) is 7.86. The second kappa shape index (κ2) is 20.9. The second-order valence-corrected chi connectivity index (χ2v) is 32.1. The van der Waals surface area contributed by atoms with Crippen LogP contribution in [0.2, 0.25) is 18.1 Å². The SMILES string of the molecule is CCC1O[C@@H](OC2[C@H](O[C@H]3CCC4(C)C5CC=C6C7CC(C)(C)CC[C@]7(C(=O)O)C(OC)C[C@@]6(C)[C@@]5(C)CC[C@H]4[C@@]3(C)C=O)OC[C@@H](C)[C@@H]2O[C@@H]2OC[C@@H](C)[C@H](C)C2C)C(O[Si](CC)(CC)CC)[C@@H](C)[C@H]1C. The summed E-state index contributed by atoms with van der Waals surface area (Å²) in [5.74, 6) is 1.01. The number of ether oxygens (including phenoxy) is 7. The van der Waals surface area contributed by atoms with E-state index in [9.17, 15) is 14.7 Å². The van der Waals surface area contributed by atoms with Gasteiger partial charge in [0.2, 0.25) is 0 Å². The Bertz CT molecular complexity index is 1950. The van der Waals surface area contributed by atoms with E-state index >= 15 is 0 Å². The number of aliphatic carboxylic acids is 1. The normalized spacial score (nSPS) is 50.4. The number of allylic oxidation sites excluding steroid dienone is 2. The molecule has 0 radical (unpaired) electrons. The molecule has 8 aliphatic rings. The molecule has 0 bridgehead atoms. The van der Waals surface area contributed by atoms with Crippen LogP contribution in [0.3, 0.4) is 0 Å². The van der Waals surface area contributed by atoms with Gasteiger partial charge in [-0.1, -0.05) is 122 Å². The second-order valence-electron chi connectivity index (χ2n) is 27.4. The molecule has 12 heteroatoms. The number of methoxy groups -OCH3 is 1. The minimum Gasteiger partial charge on any atom is -0.481 e. The molecule has 72 heavy (non-hydrogen) atoms. The summed E-state index contributed by atoms with van der Waals surface area (Å²) in [5, 5.41) is 11.1. The Hall–Kier alpha value is -1.22. The van der Waals surface area contributed by atoms with Gasteiger partial charge < -0.3 is 47.5 Å². The fourth-order valence-electron chi connectivity index (χ4n) is 17.7. The van der Waals surface area contributed by atoms with E-state index in [0.29, 0.717) is 44.3 Å². The quantitative estimate of drug-likeness (QED) is 0.0729. The van der Waals surface area contributed by atoms with Gasteiger partial charge in [0.25, 0.3) is 0 Å². The van der Waals surface area contributed by atoms with Gasteiger partial charge in [0.15, 0.2) is 27.2 Å². The van der Waals surface area contributed by atoms with Crippen LogP contribution in [-0.2, 0) is 47.2 Å². The minimum atomic E-state index is -2.11. The molecule has 412 valence electrons. The topological polar surface area (TPSA) is 128 Å². The van der Waals surface area contributed by atoms with Gasteiger partial charge >= 0.3 is 5.97 Å². The van der Waals surface area contributed by atoms with Gasteiger partial charge in [-0.15, -0.1) is 0 Å². The Balaban J connectivity index is 1.12. The first-order valence-electron chi connectivity index (χ1n) is 29.3. The zero-order valence-electron chi connectivity index (χ0n) is 48.2. The Morgan fingerprint density at radius 1 is 0.722 bits per heavy atom. The van der Waals surface area contributed by atoms with Gasteiger partial charge in [-0.2, -0.15) is 0 Å². The van der Waals surface area contributed by atoms with E-state index in [1.54, 1.807) is 7.11 Å². The van der Waals surface area contributed by atoms with Crippen LogP contribution < -0.4 is 0 Å². The summed E-state index contributed by atoms with van der Waals surface area (Å²) >= 11 is 0. The van der Waals surface area contributed by atoms with Gasteiger partial charge in [0, 0.05) is 18.9 Å². The molecule has 1 N–H and O–H groups in total. The summed E-state index contributed by atoms with van der Waals surface area (Å²) in [6, 6.07) is 3.07. The first kappa shape index (κ1) is 57.0. The summed E-state index contributed by atoms with van der Waals surface area (Å²) < 4.78 is 56.5. The molecule has 23 atom stereocenters. The van der Waals surface area contributed by atoms with E-state index in [4.69, 9.17) is 37.6 Å². The van der Waals surface area contributed by atoms with Gasteiger partial charge in [0.1, 0.15) is 17.8 Å². The van der Waals surface area contributed by atoms with Crippen molar-refractivity contribution in [3.05, 3.63) is 11.6 Å². The molecule has 0 amide bonds. The molecule has 4 saturated carbocycles. The van der Waals surface area contributed by atoms with Crippen molar-refractivity contribution < 1.29 is 52.3 Å². The lowest BCUT2D eigenvalue weighted by Gasteiger charge is -2.71. The smallest absolute Gasteiger partial charge is 0.312 e. The summed E-state index contributed by atoms with van der Waals surface area (Å²) in [7, 11) is -0.372. The van der Waals surface area contributed by atoms with Crippen molar-refractivity contribution in [1.29, 1.82) is 0 Å². The van der Waals surface area contributed by atoms with Crippen molar-refractivity contribution in [2.24, 2.45) is 85.8 Å². The molecule has 11 nitrogen and oxygen atoms in total. The molecule has 3 heterocycles. The van der Waals surface area contributed by atoms with Crippen molar-refractivity contribution in [3.63, 3.8) is 0 Å². The van der Waals surface area contributed by atoms with Crippen LogP contribution in [0.15, 0.2) is 11.6 Å². The molecule has 0 aromatic carbocycles. The fourth-order valence-corrected chi connectivity index (χ4v) is 20.6. The number of aldehydes is 1. The summed E-state index contributed by atoms with van der Waals surface area (Å²) in [5.41, 5.74) is -0.885. The number of fused-ring (bicyclic) bond motifs is 7. The zero-order valence-corrected chi connectivity index (χ0v) is 49.2. The molecule has 3 aliphatic heterocycles. The third-order valence-corrected chi connectivity index (χ3v) is 28.4. The number of carboxylic acid groups (broad SMARTS) is 1. The molecule has 7 fully saturated rings. The highest BCUT2D eigenvalue weighted by molar-refractivity contribution is 6.73. The highest BCUT2D eigenvalue weighted by atomic mass is 28.4. The lowest BCUT2D eigenvalue weighted by Crippen LogP contribution is -2.68. The molecule has 5 aliphatic carbocycles.